The second kappa shape index (κ2) is 4.17. The standard InChI is InChI=1S/C12H17FN2/c1-9(2)10-7-11(13)12(14-8-10)15-5-3-4-6-15/h7-9H,3-6H2,1-2H3. The van der Waals surface area contributed by atoms with Crippen LogP contribution >= 0.6 is 0 Å². The van der Waals surface area contributed by atoms with Crippen molar-refractivity contribution in [1.82, 2.24) is 4.98 Å². The van der Waals surface area contributed by atoms with E-state index in [0.717, 1.165) is 31.5 Å². The molecule has 1 aliphatic heterocycles. The van der Waals surface area contributed by atoms with Gasteiger partial charge in [-0.1, -0.05) is 13.8 Å². The van der Waals surface area contributed by atoms with Crippen LogP contribution in [0, 0.1) is 5.82 Å². The molecular weight excluding hydrogens is 191 g/mol. The second-order valence-electron chi connectivity index (χ2n) is 4.42. The van der Waals surface area contributed by atoms with Gasteiger partial charge in [-0.2, -0.15) is 0 Å². The van der Waals surface area contributed by atoms with Crippen molar-refractivity contribution in [3.8, 4) is 0 Å². The lowest BCUT2D eigenvalue weighted by Gasteiger charge is -2.17. The molecule has 82 valence electrons. The molecule has 1 aromatic rings. The van der Waals surface area contributed by atoms with Crippen LogP contribution < -0.4 is 4.90 Å². The maximum absolute atomic E-state index is 13.8. The Morgan fingerprint density at radius 1 is 1.33 bits per heavy atom. The Kier molecular flexibility index (Phi) is 2.89. The van der Waals surface area contributed by atoms with E-state index in [1.54, 1.807) is 12.3 Å². The van der Waals surface area contributed by atoms with E-state index in [4.69, 9.17) is 0 Å². The fourth-order valence-corrected chi connectivity index (χ4v) is 1.92. The molecule has 15 heavy (non-hydrogen) atoms. The highest BCUT2D eigenvalue weighted by atomic mass is 19.1. The molecule has 1 saturated heterocycles. The lowest BCUT2D eigenvalue weighted by molar-refractivity contribution is 0.610. The van der Waals surface area contributed by atoms with Gasteiger partial charge < -0.3 is 4.90 Å². The molecule has 0 spiro atoms. The Morgan fingerprint density at radius 2 is 2.00 bits per heavy atom. The Labute approximate surface area is 90.1 Å². The van der Waals surface area contributed by atoms with Crippen molar-refractivity contribution in [3.05, 3.63) is 23.6 Å². The predicted octanol–water partition coefficient (Wildman–Crippen LogP) is 2.94. The first-order valence-electron chi connectivity index (χ1n) is 5.59. The van der Waals surface area contributed by atoms with Crippen LogP contribution in [0.5, 0.6) is 0 Å². The summed E-state index contributed by atoms with van der Waals surface area (Å²) in [4.78, 5) is 6.26. The van der Waals surface area contributed by atoms with E-state index in [2.05, 4.69) is 4.98 Å². The number of aromatic nitrogens is 1. The molecule has 3 heteroatoms. The van der Waals surface area contributed by atoms with Gasteiger partial charge in [-0.25, -0.2) is 9.37 Å². The van der Waals surface area contributed by atoms with Crippen molar-refractivity contribution >= 4 is 5.82 Å². The number of rotatable bonds is 2. The molecule has 0 amide bonds. The van der Waals surface area contributed by atoms with Crippen LogP contribution in [0.15, 0.2) is 12.3 Å². The summed E-state index contributed by atoms with van der Waals surface area (Å²) >= 11 is 0. The maximum atomic E-state index is 13.8. The fraction of sp³-hybridized carbons (Fsp3) is 0.583. The van der Waals surface area contributed by atoms with Gasteiger partial charge in [0.25, 0.3) is 0 Å². The number of nitrogens with zero attached hydrogens (tertiary/aromatic N) is 2. The summed E-state index contributed by atoms with van der Waals surface area (Å²) in [5.41, 5.74) is 0.968. The first kappa shape index (κ1) is 10.4. The molecule has 1 aromatic heterocycles. The van der Waals surface area contributed by atoms with Gasteiger partial charge in [-0.05, 0) is 30.4 Å². The summed E-state index contributed by atoms with van der Waals surface area (Å²) in [5.74, 6) is 0.680. The fourth-order valence-electron chi connectivity index (χ4n) is 1.92. The van der Waals surface area contributed by atoms with Gasteiger partial charge in [0.05, 0.1) is 0 Å². The molecule has 0 unspecified atom stereocenters. The Balaban J connectivity index is 2.25. The number of hydrogen-bond acceptors (Lipinski definition) is 2. The van der Waals surface area contributed by atoms with E-state index in [-0.39, 0.29) is 5.82 Å². The van der Waals surface area contributed by atoms with Gasteiger partial charge in [-0.3, -0.25) is 0 Å². The summed E-state index contributed by atoms with van der Waals surface area (Å²) in [6, 6.07) is 1.62. The van der Waals surface area contributed by atoms with Crippen LogP contribution in [0.4, 0.5) is 10.2 Å². The van der Waals surface area contributed by atoms with Gasteiger partial charge >= 0.3 is 0 Å². The largest absolute Gasteiger partial charge is 0.354 e. The molecule has 0 aliphatic carbocycles. The zero-order chi connectivity index (χ0) is 10.8. The minimum Gasteiger partial charge on any atom is -0.354 e. The Morgan fingerprint density at radius 3 is 2.53 bits per heavy atom. The van der Waals surface area contributed by atoms with Crippen LogP contribution in [0.25, 0.3) is 0 Å². The van der Waals surface area contributed by atoms with E-state index in [9.17, 15) is 4.39 Å². The normalized spacial score (nSPS) is 16.4. The molecule has 0 radical (unpaired) electrons. The molecule has 2 heterocycles. The van der Waals surface area contributed by atoms with Crippen LogP contribution in [-0.4, -0.2) is 18.1 Å². The van der Waals surface area contributed by atoms with Crippen molar-refractivity contribution < 1.29 is 4.39 Å². The smallest absolute Gasteiger partial charge is 0.165 e. The SMILES string of the molecule is CC(C)c1cnc(N2CCCC2)c(F)c1. The third-order valence-corrected chi connectivity index (χ3v) is 2.92. The van der Waals surface area contributed by atoms with Crippen LogP contribution in [0.1, 0.15) is 38.2 Å². The molecule has 1 aliphatic rings. The summed E-state index contributed by atoms with van der Waals surface area (Å²) in [5, 5.41) is 0. The molecule has 0 saturated carbocycles. The minimum absolute atomic E-state index is 0.178. The molecule has 0 bridgehead atoms. The number of pyridine rings is 1. The molecule has 1 fully saturated rings. The van der Waals surface area contributed by atoms with E-state index in [1.807, 2.05) is 18.7 Å². The van der Waals surface area contributed by atoms with Gasteiger partial charge in [0.2, 0.25) is 0 Å². The van der Waals surface area contributed by atoms with Crippen LogP contribution in [-0.2, 0) is 0 Å². The first-order chi connectivity index (χ1) is 7.18. The number of hydrogen-bond donors (Lipinski definition) is 0. The van der Waals surface area contributed by atoms with Crippen LogP contribution in [0.2, 0.25) is 0 Å². The Bertz CT molecular complexity index is 343. The molecule has 2 rings (SSSR count). The summed E-state index contributed by atoms with van der Waals surface area (Å²) in [7, 11) is 0. The lowest BCUT2D eigenvalue weighted by Crippen LogP contribution is -2.20. The van der Waals surface area contributed by atoms with E-state index in [1.165, 1.54) is 0 Å². The second-order valence-corrected chi connectivity index (χ2v) is 4.42. The third kappa shape index (κ3) is 2.11. The molecule has 2 nitrogen and oxygen atoms in total. The molecule has 0 N–H and O–H groups in total. The van der Waals surface area contributed by atoms with Gasteiger partial charge in [-0.15, -0.1) is 0 Å². The highest BCUT2D eigenvalue weighted by Gasteiger charge is 2.17. The summed E-state index contributed by atoms with van der Waals surface area (Å²) in [6.07, 6.45) is 4.08. The zero-order valence-electron chi connectivity index (χ0n) is 9.33. The minimum atomic E-state index is -0.178. The topological polar surface area (TPSA) is 16.1 Å². The number of anilines is 1. The Hall–Kier alpha value is -1.12. The molecular formula is C12H17FN2. The average molecular weight is 208 g/mol. The van der Waals surface area contributed by atoms with E-state index >= 15 is 0 Å². The van der Waals surface area contributed by atoms with E-state index in [0.29, 0.717) is 11.7 Å². The average Bonchev–Trinajstić information content (AvgIpc) is 2.70. The lowest BCUT2D eigenvalue weighted by atomic mass is 10.1. The van der Waals surface area contributed by atoms with Crippen LogP contribution in [0.3, 0.4) is 0 Å². The first-order valence-corrected chi connectivity index (χ1v) is 5.59. The summed E-state index contributed by atoms with van der Waals surface area (Å²) in [6.45, 7) is 5.97. The molecule has 0 aromatic carbocycles. The van der Waals surface area contributed by atoms with Crippen molar-refractivity contribution in [3.63, 3.8) is 0 Å². The van der Waals surface area contributed by atoms with Crippen molar-refractivity contribution in [2.45, 2.75) is 32.6 Å². The summed E-state index contributed by atoms with van der Waals surface area (Å²) < 4.78 is 13.8. The van der Waals surface area contributed by atoms with Crippen molar-refractivity contribution in [1.29, 1.82) is 0 Å². The number of halogens is 1. The predicted molar refractivity (Wildman–Crippen MR) is 59.7 cm³/mol. The van der Waals surface area contributed by atoms with Gasteiger partial charge in [0, 0.05) is 19.3 Å². The third-order valence-electron chi connectivity index (χ3n) is 2.92. The highest BCUT2D eigenvalue weighted by Crippen LogP contribution is 2.23. The van der Waals surface area contributed by atoms with Crippen molar-refractivity contribution in [2.75, 3.05) is 18.0 Å². The van der Waals surface area contributed by atoms with Gasteiger partial charge in [0.1, 0.15) is 0 Å². The van der Waals surface area contributed by atoms with Gasteiger partial charge in [0.15, 0.2) is 11.6 Å². The van der Waals surface area contributed by atoms with E-state index < -0.39 is 0 Å². The zero-order valence-corrected chi connectivity index (χ0v) is 9.33. The van der Waals surface area contributed by atoms with Crippen molar-refractivity contribution in [2.24, 2.45) is 0 Å². The highest BCUT2D eigenvalue weighted by molar-refractivity contribution is 5.42. The quantitative estimate of drug-likeness (QED) is 0.742. The monoisotopic (exact) mass is 208 g/mol. The molecule has 0 atom stereocenters. The maximum Gasteiger partial charge on any atom is 0.165 e.